The van der Waals surface area contributed by atoms with E-state index in [-0.39, 0.29) is 17.8 Å². The minimum atomic E-state index is -0.913. The fraction of sp³-hybridized carbons (Fsp3) is 0.800. The number of aliphatic carboxylic acids is 1. The van der Waals surface area contributed by atoms with Gasteiger partial charge in [-0.05, 0) is 19.3 Å². The average molecular weight is 200 g/mol. The third-order valence-corrected chi connectivity index (χ3v) is 2.82. The van der Waals surface area contributed by atoms with Gasteiger partial charge in [0.1, 0.15) is 6.10 Å². The van der Waals surface area contributed by atoms with E-state index in [9.17, 15) is 9.59 Å². The van der Waals surface area contributed by atoms with E-state index in [1.165, 1.54) is 0 Å². The minimum Gasteiger partial charge on any atom is -0.481 e. The molecular formula is C10H16O4. The van der Waals surface area contributed by atoms with Crippen molar-refractivity contribution in [1.82, 2.24) is 0 Å². The van der Waals surface area contributed by atoms with Gasteiger partial charge in [0.15, 0.2) is 0 Å². The zero-order chi connectivity index (χ0) is 10.9. The molecule has 1 N–H and O–H groups in total. The third-order valence-electron chi connectivity index (χ3n) is 2.82. The molecule has 4 heteroatoms. The molecule has 1 heterocycles. The maximum atomic E-state index is 11.3. The predicted octanol–water partition coefficient (Wildman–Crippen LogP) is 1.29. The fourth-order valence-corrected chi connectivity index (χ4v) is 1.89. The van der Waals surface area contributed by atoms with Gasteiger partial charge in [0.2, 0.25) is 0 Å². The summed E-state index contributed by atoms with van der Waals surface area (Å²) in [6.45, 7) is 5.31. The summed E-state index contributed by atoms with van der Waals surface area (Å²) in [5.41, 5.74) is 0. The monoisotopic (exact) mass is 200 g/mol. The van der Waals surface area contributed by atoms with Crippen molar-refractivity contribution in [2.24, 2.45) is 17.8 Å². The highest BCUT2D eigenvalue weighted by Gasteiger charge is 2.38. The Labute approximate surface area is 83.2 Å². The Bertz CT molecular complexity index is 249. The van der Waals surface area contributed by atoms with Crippen LogP contribution in [0.25, 0.3) is 0 Å². The number of esters is 1. The molecule has 0 aromatic rings. The van der Waals surface area contributed by atoms with Gasteiger partial charge in [-0.2, -0.15) is 0 Å². The Balaban J connectivity index is 2.70. The van der Waals surface area contributed by atoms with Crippen LogP contribution in [0.3, 0.4) is 0 Å². The van der Waals surface area contributed by atoms with Gasteiger partial charge in [-0.25, -0.2) is 0 Å². The molecule has 0 bridgehead atoms. The second-order valence-corrected chi connectivity index (χ2v) is 4.14. The summed E-state index contributed by atoms with van der Waals surface area (Å²) in [5, 5.41) is 8.81. The van der Waals surface area contributed by atoms with Crippen LogP contribution >= 0.6 is 0 Å². The lowest BCUT2D eigenvalue weighted by molar-refractivity contribution is -0.172. The van der Waals surface area contributed by atoms with Crippen molar-refractivity contribution in [3.8, 4) is 0 Å². The molecule has 0 amide bonds. The third kappa shape index (κ3) is 2.05. The SMILES string of the molecule is C[C@@H]1C[C@@H](C)[C@H]([C@@H](C)C(=O)O)OC1=O. The van der Waals surface area contributed by atoms with E-state index in [2.05, 4.69) is 0 Å². The Morgan fingerprint density at radius 2 is 2.14 bits per heavy atom. The van der Waals surface area contributed by atoms with Gasteiger partial charge in [-0.15, -0.1) is 0 Å². The van der Waals surface area contributed by atoms with Crippen LogP contribution in [0.15, 0.2) is 0 Å². The van der Waals surface area contributed by atoms with Gasteiger partial charge < -0.3 is 9.84 Å². The van der Waals surface area contributed by atoms with Gasteiger partial charge in [0, 0.05) is 0 Å². The molecule has 14 heavy (non-hydrogen) atoms. The normalized spacial score (nSPS) is 34.8. The molecule has 0 radical (unpaired) electrons. The molecular weight excluding hydrogens is 184 g/mol. The summed E-state index contributed by atoms with van der Waals surface area (Å²) in [4.78, 5) is 22.0. The standard InChI is InChI=1S/C10H16O4/c1-5-4-6(2)10(13)14-8(5)7(3)9(11)12/h5-8H,4H2,1-3H3,(H,11,12)/t5-,6-,7-,8-/m1/s1. The van der Waals surface area contributed by atoms with Crippen LogP contribution in [0.4, 0.5) is 0 Å². The summed E-state index contributed by atoms with van der Waals surface area (Å²) in [5.74, 6) is -1.80. The largest absolute Gasteiger partial charge is 0.481 e. The van der Waals surface area contributed by atoms with E-state index in [0.29, 0.717) is 6.42 Å². The van der Waals surface area contributed by atoms with Crippen molar-refractivity contribution in [2.45, 2.75) is 33.3 Å². The highest BCUT2D eigenvalue weighted by molar-refractivity contribution is 5.75. The van der Waals surface area contributed by atoms with Crippen LogP contribution < -0.4 is 0 Å². The zero-order valence-electron chi connectivity index (χ0n) is 8.69. The Morgan fingerprint density at radius 1 is 1.57 bits per heavy atom. The number of hydrogen-bond acceptors (Lipinski definition) is 3. The molecule has 0 unspecified atom stereocenters. The molecule has 1 aliphatic heterocycles. The first-order valence-corrected chi connectivity index (χ1v) is 4.86. The van der Waals surface area contributed by atoms with E-state index >= 15 is 0 Å². The predicted molar refractivity (Wildman–Crippen MR) is 49.6 cm³/mol. The number of ether oxygens (including phenoxy) is 1. The van der Waals surface area contributed by atoms with Crippen molar-refractivity contribution in [3.63, 3.8) is 0 Å². The second-order valence-electron chi connectivity index (χ2n) is 4.14. The maximum Gasteiger partial charge on any atom is 0.309 e. The molecule has 0 spiro atoms. The molecule has 1 rings (SSSR count). The number of carboxylic acid groups (broad SMARTS) is 1. The molecule has 0 aliphatic carbocycles. The number of cyclic esters (lactones) is 1. The first-order chi connectivity index (χ1) is 6.43. The van der Waals surface area contributed by atoms with Crippen molar-refractivity contribution in [1.29, 1.82) is 0 Å². The smallest absolute Gasteiger partial charge is 0.309 e. The number of carbonyl (C=O) groups is 2. The minimum absolute atomic E-state index is 0.109. The Kier molecular flexibility index (Phi) is 3.13. The number of carbonyl (C=O) groups excluding carboxylic acids is 1. The molecule has 4 atom stereocenters. The Morgan fingerprint density at radius 3 is 2.64 bits per heavy atom. The molecule has 4 nitrogen and oxygen atoms in total. The topological polar surface area (TPSA) is 63.6 Å². The first-order valence-electron chi connectivity index (χ1n) is 4.86. The van der Waals surface area contributed by atoms with Crippen molar-refractivity contribution >= 4 is 11.9 Å². The van der Waals surface area contributed by atoms with Crippen LogP contribution in [0.1, 0.15) is 27.2 Å². The Hall–Kier alpha value is -1.06. The summed E-state index contributed by atoms with van der Waals surface area (Å²) in [7, 11) is 0. The number of hydrogen-bond donors (Lipinski definition) is 1. The average Bonchev–Trinajstić information content (AvgIpc) is 2.10. The molecule has 1 fully saturated rings. The maximum absolute atomic E-state index is 11.3. The lowest BCUT2D eigenvalue weighted by Crippen LogP contribution is -2.42. The lowest BCUT2D eigenvalue weighted by Gasteiger charge is -2.34. The summed E-state index contributed by atoms with van der Waals surface area (Å²) >= 11 is 0. The molecule has 80 valence electrons. The number of carboxylic acids is 1. The molecule has 1 aliphatic rings. The second kappa shape index (κ2) is 3.98. The van der Waals surface area contributed by atoms with Gasteiger partial charge in [-0.3, -0.25) is 9.59 Å². The van der Waals surface area contributed by atoms with Gasteiger partial charge in [0.05, 0.1) is 11.8 Å². The van der Waals surface area contributed by atoms with Crippen LogP contribution in [-0.4, -0.2) is 23.1 Å². The van der Waals surface area contributed by atoms with E-state index < -0.39 is 18.0 Å². The first kappa shape index (κ1) is 11.0. The van der Waals surface area contributed by atoms with Crippen LogP contribution in [0, 0.1) is 17.8 Å². The van der Waals surface area contributed by atoms with Gasteiger partial charge in [0.25, 0.3) is 0 Å². The molecule has 0 aromatic carbocycles. The molecule has 0 aromatic heterocycles. The van der Waals surface area contributed by atoms with Gasteiger partial charge in [-0.1, -0.05) is 13.8 Å². The van der Waals surface area contributed by atoms with Gasteiger partial charge >= 0.3 is 11.9 Å². The zero-order valence-corrected chi connectivity index (χ0v) is 8.69. The highest BCUT2D eigenvalue weighted by atomic mass is 16.5. The lowest BCUT2D eigenvalue weighted by atomic mass is 9.84. The van der Waals surface area contributed by atoms with Crippen molar-refractivity contribution in [3.05, 3.63) is 0 Å². The van der Waals surface area contributed by atoms with E-state index in [1.807, 2.05) is 6.92 Å². The summed E-state index contributed by atoms with van der Waals surface area (Å²) in [6.07, 6.45) is 0.234. The summed E-state index contributed by atoms with van der Waals surface area (Å²) in [6, 6.07) is 0. The van der Waals surface area contributed by atoms with Crippen LogP contribution in [0.5, 0.6) is 0 Å². The van der Waals surface area contributed by atoms with Crippen LogP contribution in [0.2, 0.25) is 0 Å². The molecule has 1 saturated heterocycles. The number of rotatable bonds is 2. The summed E-state index contributed by atoms with van der Waals surface area (Å²) < 4.78 is 5.11. The van der Waals surface area contributed by atoms with Crippen LogP contribution in [-0.2, 0) is 14.3 Å². The van der Waals surface area contributed by atoms with E-state index in [4.69, 9.17) is 9.84 Å². The van der Waals surface area contributed by atoms with Crippen molar-refractivity contribution in [2.75, 3.05) is 0 Å². The fourth-order valence-electron chi connectivity index (χ4n) is 1.89. The quantitative estimate of drug-likeness (QED) is 0.682. The van der Waals surface area contributed by atoms with Crippen molar-refractivity contribution < 1.29 is 19.4 Å². The van der Waals surface area contributed by atoms with E-state index in [1.54, 1.807) is 13.8 Å². The molecule has 0 saturated carbocycles. The van der Waals surface area contributed by atoms with E-state index in [0.717, 1.165) is 0 Å². The highest BCUT2D eigenvalue weighted by Crippen LogP contribution is 2.29.